The summed E-state index contributed by atoms with van der Waals surface area (Å²) in [5.74, 6) is -0.867. The molecule has 2 rings (SSSR count). The third-order valence-corrected chi connectivity index (χ3v) is 3.22. The van der Waals surface area contributed by atoms with Crippen LogP contribution in [0, 0.1) is 3.57 Å². The molecule has 1 heterocycles. The fourth-order valence-electron chi connectivity index (χ4n) is 1.50. The Bertz CT molecular complexity index is 624. The van der Waals surface area contributed by atoms with Gasteiger partial charge in [-0.3, -0.25) is 9.89 Å². The second-order valence-corrected chi connectivity index (χ2v) is 4.75. The lowest BCUT2D eigenvalue weighted by Gasteiger charge is -2.08. The van der Waals surface area contributed by atoms with Crippen molar-refractivity contribution in [3.05, 3.63) is 45.3 Å². The number of aromatic nitrogens is 2. The average molecular weight is 371 g/mol. The van der Waals surface area contributed by atoms with Crippen LogP contribution in [0.15, 0.2) is 30.5 Å². The lowest BCUT2D eigenvalue weighted by molar-refractivity contribution is 0.0602. The lowest BCUT2D eigenvalue weighted by atomic mass is 10.1. The standard InChI is InChI=1S/C12H10IN3O3/c1-19-12(18)7-4-2-3-5-9(7)15-11(17)10-8(13)6-14-16-10/h2-6H,1H3,(H,14,16)(H,15,17). The van der Waals surface area contributed by atoms with Gasteiger partial charge in [0.05, 0.1) is 28.1 Å². The average Bonchev–Trinajstić information content (AvgIpc) is 2.85. The van der Waals surface area contributed by atoms with Gasteiger partial charge < -0.3 is 10.1 Å². The fraction of sp³-hybridized carbons (Fsp3) is 0.0833. The van der Waals surface area contributed by atoms with Crippen LogP contribution in [0.3, 0.4) is 0 Å². The summed E-state index contributed by atoms with van der Waals surface area (Å²) in [4.78, 5) is 23.6. The number of esters is 1. The molecular formula is C12H10IN3O3. The van der Waals surface area contributed by atoms with Crippen LogP contribution >= 0.6 is 22.6 Å². The highest BCUT2D eigenvalue weighted by Crippen LogP contribution is 2.18. The summed E-state index contributed by atoms with van der Waals surface area (Å²) < 4.78 is 5.36. The van der Waals surface area contributed by atoms with E-state index in [4.69, 9.17) is 0 Å². The van der Waals surface area contributed by atoms with E-state index in [1.54, 1.807) is 30.5 Å². The zero-order chi connectivity index (χ0) is 13.8. The molecule has 0 unspecified atom stereocenters. The van der Waals surface area contributed by atoms with Gasteiger partial charge in [-0.1, -0.05) is 12.1 Å². The van der Waals surface area contributed by atoms with Crippen molar-refractivity contribution >= 4 is 40.2 Å². The molecule has 0 saturated heterocycles. The van der Waals surface area contributed by atoms with Gasteiger partial charge >= 0.3 is 5.97 Å². The monoisotopic (exact) mass is 371 g/mol. The van der Waals surface area contributed by atoms with Gasteiger partial charge in [0, 0.05) is 0 Å². The van der Waals surface area contributed by atoms with Crippen LogP contribution in [0.2, 0.25) is 0 Å². The van der Waals surface area contributed by atoms with E-state index in [2.05, 4.69) is 20.3 Å². The number of anilines is 1. The highest BCUT2D eigenvalue weighted by atomic mass is 127. The number of aromatic amines is 1. The largest absolute Gasteiger partial charge is 0.465 e. The summed E-state index contributed by atoms with van der Waals surface area (Å²) in [6.07, 6.45) is 1.54. The number of ether oxygens (including phenoxy) is 1. The van der Waals surface area contributed by atoms with Gasteiger partial charge in [-0.15, -0.1) is 0 Å². The quantitative estimate of drug-likeness (QED) is 0.639. The minimum atomic E-state index is -0.504. The van der Waals surface area contributed by atoms with E-state index in [0.717, 1.165) is 0 Å². The molecule has 0 atom stereocenters. The van der Waals surface area contributed by atoms with Crippen LogP contribution in [-0.4, -0.2) is 29.2 Å². The zero-order valence-corrected chi connectivity index (χ0v) is 12.1. The van der Waals surface area contributed by atoms with Crippen molar-refractivity contribution in [2.24, 2.45) is 0 Å². The number of hydrogen-bond acceptors (Lipinski definition) is 4. The number of carbonyl (C=O) groups is 2. The van der Waals surface area contributed by atoms with E-state index in [1.807, 2.05) is 22.6 Å². The molecule has 0 fully saturated rings. The topological polar surface area (TPSA) is 84.1 Å². The molecule has 0 radical (unpaired) electrons. The van der Waals surface area contributed by atoms with Crippen LogP contribution < -0.4 is 5.32 Å². The van der Waals surface area contributed by atoms with Crippen molar-refractivity contribution < 1.29 is 14.3 Å². The van der Waals surface area contributed by atoms with Gasteiger partial charge in [-0.05, 0) is 34.7 Å². The van der Waals surface area contributed by atoms with Gasteiger partial charge in [0.15, 0.2) is 0 Å². The molecule has 98 valence electrons. The number of amides is 1. The molecule has 0 bridgehead atoms. The second-order valence-electron chi connectivity index (χ2n) is 3.58. The van der Waals surface area contributed by atoms with E-state index in [0.29, 0.717) is 20.5 Å². The Balaban J connectivity index is 2.27. The molecule has 0 spiro atoms. The van der Waals surface area contributed by atoms with Crippen LogP contribution in [0.5, 0.6) is 0 Å². The lowest BCUT2D eigenvalue weighted by Crippen LogP contribution is -2.16. The Hall–Kier alpha value is -1.90. The predicted octanol–water partition coefficient (Wildman–Crippen LogP) is 2.05. The molecule has 0 aliphatic heterocycles. The van der Waals surface area contributed by atoms with Crippen molar-refractivity contribution in [1.82, 2.24) is 10.2 Å². The Labute approximate surface area is 122 Å². The van der Waals surface area contributed by atoms with Gasteiger partial charge in [-0.25, -0.2) is 4.79 Å². The number of nitrogens with zero attached hydrogens (tertiary/aromatic N) is 1. The first-order chi connectivity index (χ1) is 9.13. The number of nitrogens with one attached hydrogen (secondary N) is 2. The summed E-state index contributed by atoms with van der Waals surface area (Å²) in [5, 5.41) is 9.03. The molecule has 1 amide bonds. The molecule has 1 aromatic carbocycles. The number of carbonyl (C=O) groups excluding carboxylic acids is 2. The fourth-order valence-corrected chi connectivity index (χ4v) is 2.00. The molecule has 0 aliphatic carbocycles. The van der Waals surface area contributed by atoms with Gasteiger partial charge in [0.1, 0.15) is 5.69 Å². The van der Waals surface area contributed by atoms with E-state index < -0.39 is 5.97 Å². The Morgan fingerprint density at radius 3 is 2.74 bits per heavy atom. The smallest absolute Gasteiger partial charge is 0.339 e. The van der Waals surface area contributed by atoms with Gasteiger partial charge in [-0.2, -0.15) is 5.10 Å². The summed E-state index contributed by atoms with van der Waals surface area (Å²) in [6, 6.07) is 6.63. The maximum atomic E-state index is 12.0. The molecule has 19 heavy (non-hydrogen) atoms. The summed E-state index contributed by atoms with van der Waals surface area (Å²) in [7, 11) is 1.29. The normalized spacial score (nSPS) is 10.0. The highest BCUT2D eigenvalue weighted by Gasteiger charge is 2.16. The summed E-state index contributed by atoms with van der Waals surface area (Å²) in [6.45, 7) is 0. The molecule has 0 saturated carbocycles. The molecule has 2 N–H and O–H groups in total. The number of hydrogen-bond donors (Lipinski definition) is 2. The minimum Gasteiger partial charge on any atom is -0.465 e. The third-order valence-electron chi connectivity index (χ3n) is 2.40. The summed E-state index contributed by atoms with van der Waals surface area (Å²) >= 11 is 2.00. The van der Waals surface area contributed by atoms with E-state index in [-0.39, 0.29) is 5.91 Å². The van der Waals surface area contributed by atoms with Gasteiger partial charge in [0.25, 0.3) is 5.91 Å². The van der Waals surface area contributed by atoms with Crippen molar-refractivity contribution in [2.75, 3.05) is 12.4 Å². The number of para-hydroxylation sites is 1. The Morgan fingerprint density at radius 1 is 1.37 bits per heavy atom. The SMILES string of the molecule is COC(=O)c1ccccc1NC(=O)c1[nH]ncc1I. The zero-order valence-electron chi connectivity index (χ0n) is 9.94. The predicted molar refractivity (Wildman–Crippen MR) is 77.0 cm³/mol. The molecule has 7 heteroatoms. The van der Waals surface area contributed by atoms with Gasteiger partial charge in [0.2, 0.25) is 0 Å². The Morgan fingerprint density at radius 2 is 2.11 bits per heavy atom. The van der Waals surface area contributed by atoms with Crippen molar-refractivity contribution in [3.8, 4) is 0 Å². The first kappa shape index (κ1) is 13.5. The van der Waals surface area contributed by atoms with E-state index >= 15 is 0 Å². The molecule has 6 nitrogen and oxygen atoms in total. The Kier molecular flexibility index (Phi) is 4.15. The minimum absolute atomic E-state index is 0.299. The van der Waals surface area contributed by atoms with Crippen LogP contribution in [0.4, 0.5) is 5.69 Å². The van der Waals surface area contributed by atoms with Crippen LogP contribution in [0.1, 0.15) is 20.8 Å². The number of halogens is 1. The molecule has 2 aromatic rings. The van der Waals surface area contributed by atoms with Crippen LogP contribution in [-0.2, 0) is 4.74 Å². The van der Waals surface area contributed by atoms with E-state index in [9.17, 15) is 9.59 Å². The van der Waals surface area contributed by atoms with Crippen LogP contribution in [0.25, 0.3) is 0 Å². The van der Waals surface area contributed by atoms with Crippen molar-refractivity contribution in [2.45, 2.75) is 0 Å². The number of rotatable bonds is 3. The summed E-state index contributed by atoms with van der Waals surface area (Å²) in [5.41, 5.74) is 1.04. The van der Waals surface area contributed by atoms with Crippen molar-refractivity contribution in [3.63, 3.8) is 0 Å². The van der Waals surface area contributed by atoms with E-state index in [1.165, 1.54) is 7.11 Å². The molecule has 1 aromatic heterocycles. The highest BCUT2D eigenvalue weighted by molar-refractivity contribution is 14.1. The maximum Gasteiger partial charge on any atom is 0.339 e. The first-order valence-electron chi connectivity index (χ1n) is 5.31. The third kappa shape index (κ3) is 2.92. The van der Waals surface area contributed by atoms with Crippen molar-refractivity contribution in [1.29, 1.82) is 0 Å². The first-order valence-corrected chi connectivity index (χ1v) is 6.39. The number of benzene rings is 1. The maximum absolute atomic E-state index is 12.0. The number of H-pyrrole nitrogens is 1. The molecule has 0 aliphatic rings. The number of methoxy groups -OCH3 is 1. The second kappa shape index (κ2) is 5.83. The molecular weight excluding hydrogens is 361 g/mol.